The highest BCUT2D eigenvalue weighted by Crippen LogP contribution is 2.19. The predicted octanol–water partition coefficient (Wildman–Crippen LogP) is 0.426. The second-order valence-electron chi connectivity index (χ2n) is 4.40. The average molecular weight is 234 g/mol. The van der Waals surface area contributed by atoms with Gasteiger partial charge < -0.3 is 16.0 Å². The van der Waals surface area contributed by atoms with Gasteiger partial charge in [0.1, 0.15) is 11.9 Å². The molecule has 1 aliphatic heterocycles. The molecule has 2 rings (SSSR count). The molecule has 1 aromatic rings. The van der Waals surface area contributed by atoms with E-state index in [9.17, 15) is 4.79 Å². The zero-order valence-corrected chi connectivity index (χ0v) is 10.2. The molecule has 1 fully saturated rings. The van der Waals surface area contributed by atoms with Crippen LogP contribution in [0.25, 0.3) is 0 Å². The van der Waals surface area contributed by atoms with Crippen LogP contribution in [0, 0.1) is 0 Å². The summed E-state index contributed by atoms with van der Waals surface area (Å²) in [5.74, 6) is 0.867. The van der Waals surface area contributed by atoms with Gasteiger partial charge in [0, 0.05) is 25.3 Å². The lowest BCUT2D eigenvalue weighted by Gasteiger charge is -2.34. The second-order valence-corrected chi connectivity index (χ2v) is 4.40. The Bertz CT molecular complexity index is 419. The van der Waals surface area contributed by atoms with Crippen molar-refractivity contribution >= 4 is 11.7 Å². The first-order valence-corrected chi connectivity index (χ1v) is 5.85. The van der Waals surface area contributed by atoms with E-state index in [4.69, 9.17) is 5.73 Å². The Balaban J connectivity index is 2.26. The highest BCUT2D eigenvalue weighted by atomic mass is 16.2. The highest BCUT2D eigenvalue weighted by Gasteiger charge is 2.26. The molecule has 2 heterocycles. The third-order valence-corrected chi connectivity index (χ3v) is 3.09. The van der Waals surface area contributed by atoms with E-state index in [0.29, 0.717) is 6.54 Å². The molecule has 1 amide bonds. The first-order chi connectivity index (χ1) is 8.09. The Labute approximate surface area is 101 Å². The van der Waals surface area contributed by atoms with Gasteiger partial charge in [0.15, 0.2) is 0 Å². The molecule has 0 bridgehead atoms. The van der Waals surface area contributed by atoms with Gasteiger partial charge in [0.25, 0.3) is 0 Å². The maximum Gasteiger partial charge on any atom is 0.242 e. The van der Waals surface area contributed by atoms with Crippen LogP contribution < -0.4 is 16.0 Å². The van der Waals surface area contributed by atoms with Gasteiger partial charge in [-0.1, -0.05) is 0 Å². The number of amides is 1. The topological polar surface area (TPSA) is 71.2 Å². The lowest BCUT2D eigenvalue weighted by Crippen LogP contribution is -2.54. The molecule has 1 aromatic heterocycles. The molecule has 0 spiro atoms. The lowest BCUT2D eigenvalue weighted by molar-refractivity contribution is -0.122. The fourth-order valence-corrected chi connectivity index (χ4v) is 1.97. The third-order valence-electron chi connectivity index (χ3n) is 3.09. The van der Waals surface area contributed by atoms with Crippen LogP contribution in [0.15, 0.2) is 18.3 Å². The summed E-state index contributed by atoms with van der Waals surface area (Å²) in [4.78, 5) is 17.9. The van der Waals surface area contributed by atoms with Crippen molar-refractivity contribution in [1.29, 1.82) is 0 Å². The second kappa shape index (κ2) is 4.71. The Morgan fingerprint density at radius 3 is 3.12 bits per heavy atom. The van der Waals surface area contributed by atoms with E-state index >= 15 is 0 Å². The highest BCUT2D eigenvalue weighted by molar-refractivity contribution is 5.85. The number of hydrogen-bond donors (Lipinski definition) is 2. The van der Waals surface area contributed by atoms with Crippen molar-refractivity contribution in [3.05, 3.63) is 23.9 Å². The summed E-state index contributed by atoms with van der Waals surface area (Å²) in [7, 11) is 0. The third kappa shape index (κ3) is 2.39. The van der Waals surface area contributed by atoms with Crippen LogP contribution in [-0.2, 0) is 4.79 Å². The minimum absolute atomic E-state index is 0.0225. The van der Waals surface area contributed by atoms with E-state index in [-0.39, 0.29) is 18.0 Å². The molecule has 2 atom stereocenters. The Morgan fingerprint density at radius 1 is 1.65 bits per heavy atom. The number of carbonyl (C=O) groups is 1. The van der Waals surface area contributed by atoms with Gasteiger partial charge >= 0.3 is 0 Å². The number of rotatable bonds is 2. The van der Waals surface area contributed by atoms with Gasteiger partial charge in [-0.15, -0.1) is 0 Å². The van der Waals surface area contributed by atoms with Gasteiger partial charge in [-0.05, 0) is 31.5 Å². The van der Waals surface area contributed by atoms with Crippen molar-refractivity contribution in [1.82, 2.24) is 10.3 Å². The standard InChI is InChI=1S/C12H18N4O/c1-8(13)10-3-4-14-11(7-10)16-6-5-15-12(17)9(16)2/h3-4,7-9H,5-6,13H2,1-2H3,(H,15,17). The quantitative estimate of drug-likeness (QED) is 0.778. The number of piperazine rings is 1. The first-order valence-electron chi connectivity index (χ1n) is 5.85. The molecular formula is C12H18N4O. The molecule has 1 aliphatic rings. The summed E-state index contributed by atoms with van der Waals surface area (Å²) in [5.41, 5.74) is 6.88. The van der Waals surface area contributed by atoms with E-state index in [0.717, 1.165) is 17.9 Å². The van der Waals surface area contributed by atoms with Crippen molar-refractivity contribution in [3.8, 4) is 0 Å². The van der Waals surface area contributed by atoms with Gasteiger partial charge in [0.05, 0.1) is 0 Å². The number of carbonyl (C=O) groups excluding carboxylic acids is 1. The summed E-state index contributed by atoms with van der Waals surface area (Å²) in [6.45, 7) is 5.26. The van der Waals surface area contributed by atoms with Crippen LogP contribution in [0.2, 0.25) is 0 Å². The smallest absolute Gasteiger partial charge is 0.242 e. The number of aromatic nitrogens is 1. The maximum absolute atomic E-state index is 11.6. The van der Waals surface area contributed by atoms with Crippen LogP contribution in [0.4, 0.5) is 5.82 Å². The average Bonchev–Trinajstić information content (AvgIpc) is 2.33. The largest absolute Gasteiger partial charge is 0.353 e. The summed E-state index contributed by atoms with van der Waals surface area (Å²) in [6, 6.07) is 3.66. The van der Waals surface area contributed by atoms with Crippen LogP contribution >= 0.6 is 0 Å². The molecule has 1 saturated heterocycles. The molecule has 92 valence electrons. The van der Waals surface area contributed by atoms with E-state index in [1.54, 1.807) is 6.20 Å². The zero-order chi connectivity index (χ0) is 12.4. The van der Waals surface area contributed by atoms with Crippen molar-refractivity contribution < 1.29 is 4.79 Å². The molecule has 5 heteroatoms. The van der Waals surface area contributed by atoms with Gasteiger partial charge in [-0.2, -0.15) is 0 Å². The Hall–Kier alpha value is -1.62. The van der Waals surface area contributed by atoms with Crippen LogP contribution in [0.1, 0.15) is 25.5 Å². The zero-order valence-electron chi connectivity index (χ0n) is 10.2. The summed E-state index contributed by atoms with van der Waals surface area (Å²) in [6.07, 6.45) is 1.74. The van der Waals surface area contributed by atoms with E-state index in [1.165, 1.54) is 0 Å². The van der Waals surface area contributed by atoms with E-state index < -0.39 is 0 Å². The van der Waals surface area contributed by atoms with Gasteiger partial charge in [-0.3, -0.25) is 4.79 Å². The van der Waals surface area contributed by atoms with Crippen molar-refractivity contribution in [2.75, 3.05) is 18.0 Å². The first kappa shape index (κ1) is 11.9. The molecule has 2 unspecified atom stereocenters. The van der Waals surface area contributed by atoms with E-state index in [2.05, 4.69) is 10.3 Å². The maximum atomic E-state index is 11.6. The van der Waals surface area contributed by atoms with Gasteiger partial charge in [0.2, 0.25) is 5.91 Å². The summed E-state index contributed by atoms with van der Waals surface area (Å²) >= 11 is 0. The SMILES string of the molecule is CC(N)c1ccnc(N2CCNC(=O)C2C)c1. The molecular weight excluding hydrogens is 216 g/mol. The molecule has 0 aromatic carbocycles. The molecule has 0 saturated carbocycles. The molecule has 3 N–H and O–H groups in total. The fraction of sp³-hybridized carbons (Fsp3) is 0.500. The number of nitrogens with one attached hydrogen (secondary N) is 1. The monoisotopic (exact) mass is 234 g/mol. The molecule has 17 heavy (non-hydrogen) atoms. The van der Waals surface area contributed by atoms with Crippen LogP contribution in [-0.4, -0.2) is 30.0 Å². The Kier molecular flexibility index (Phi) is 3.28. The number of anilines is 1. The van der Waals surface area contributed by atoms with E-state index in [1.807, 2.05) is 30.9 Å². The normalized spacial score (nSPS) is 22.2. The molecule has 0 radical (unpaired) electrons. The summed E-state index contributed by atoms with van der Waals surface area (Å²) < 4.78 is 0. The Morgan fingerprint density at radius 2 is 2.41 bits per heavy atom. The van der Waals surface area contributed by atoms with Gasteiger partial charge in [-0.25, -0.2) is 4.98 Å². The lowest BCUT2D eigenvalue weighted by atomic mass is 10.1. The molecule has 0 aliphatic carbocycles. The summed E-state index contributed by atoms with van der Waals surface area (Å²) in [5, 5.41) is 2.84. The minimum Gasteiger partial charge on any atom is -0.353 e. The molecule has 5 nitrogen and oxygen atoms in total. The van der Waals surface area contributed by atoms with Crippen molar-refractivity contribution in [2.24, 2.45) is 5.73 Å². The number of nitrogens with two attached hydrogens (primary N) is 1. The fourth-order valence-electron chi connectivity index (χ4n) is 1.97. The van der Waals surface area contributed by atoms with Crippen molar-refractivity contribution in [2.45, 2.75) is 25.9 Å². The van der Waals surface area contributed by atoms with Crippen molar-refractivity contribution in [3.63, 3.8) is 0 Å². The number of hydrogen-bond acceptors (Lipinski definition) is 4. The van der Waals surface area contributed by atoms with Crippen LogP contribution in [0.3, 0.4) is 0 Å². The number of nitrogens with zero attached hydrogens (tertiary/aromatic N) is 2. The predicted molar refractivity (Wildman–Crippen MR) is 66.7 cm³/mol. The minimum atomic E-state index is -0.181. The number of pyridine rings is 1. The van der Waals surface area contributed by atoms with Crippen LogP contribution in [0.5, 0.6) is 0 Å².